The van der Waals surface area contributed by atoms with Gasteiger partial charge in [-0.2, -0.15) is 13.2 Å². The van der Waals surface area contributed by atoms with Crippen molar-refractivity contribution in [3.05, 3.63) is 53.6 Å². The molecule has 2 aliphatic heterocycles. The fraction of sp³-hybridized carbons (Fsp3) is 0.500. The largest absolute Gasteiger partial charge is 0.492 e. The summed E-state index contributed by atoms with van der Waals surface area (Å²) in [7, 11) is 0. The summed E-state index contributed by atoms with van der Waals surface area (Å²) in [6, 6.07) is 12.0. The van der Waals surface area contributed by atoms with Crippen molar-refractivity contribution in [1.29, 1.82) is 0 Å². The third kappa shape index (κ3) is 5.89. The first-order valence-electron chi connectivity index (χ1n) is 11.0. The number of fused-ring (bicyclic) bond motifs is 1. The molecule has 3 nitrogen and oxygen atoms in total. The molecule has 2 heterocycles. The van der Waals surface area contributed by atoms with Crippen molar-refractivity contribution in [3.63, 3.8) is 0 Å². The Kier molecular flexibility index (Phi) is 7.33. The zero-order chi connectivity index (χ0) is 21.7. The monoisotopic (exact) mass is 450 g/mol. The van der Waals surface area contributed by atoms with Crippen molar-refractivity contribution in [3.8, 4) is 5.75 Å². The van der Waals surface area contributed by atoms with Gasteiger partial charge in [0.2, 0.25) is 0 Å². The van der Waals surface area contributed by atoms with Gasteiger partial charge >= 0.3 is 6.18 Å². The average Bonchev–Trinajstić information content (AvgIpc) is 2.79. The second-order valence-electron chi connectivity index (χ2n) is 8.13. The summed E-state index contributed by atoms with van der Waals surface area (Å²) in [4.78, 5) is 5.76. The molecule has 0 N–H and O–H groups in total. The van der Waals surface area contributed by atoms with Gasteiger partial charge in [0.1, 0.15) is 5.75 Å². The van der Waals surface area contributed by atoms with E-state index in [1.807, 2.05) is 16.7 Å². The Morgan fingerprint density at radius 1 is 0.968 bits per heavy atom. The molecule has 0 atom stereocenters. The van der Waals surface area contributed by atoms with Crippen LogP contribution in [-0.4, -0.2) is 50.0 Å². The average molecular weight is 451 g/mol. The fourth-order valence-corrected chi connectivity index (χ4v) is 5.32. The van der Waals surface area contributed by atoms with Gasteiger partial charge in [-0.25, -0.2) is 0 Å². The molecule has 0 spiro atoms. The Hall–Kier alpha value is -1.86. The molecule has 2 aromatic rings. The molecule has 0 amide bonds. The lowest BCUT2D eigenvalue weighted by molar-refractivity contribution is -0.137. The molecule has 168 valence electrons. The van der Waals surface area contributed by atoms with Gasteiger partial charge in [0.15, 0.2) is 0 Å². The molecule has 0 aromatic heterocycles. The molecular formula is C24H29F3N2OS. The van der Waals surface area contributed by atoms with Crippen LogP contribution in [0.3, 0.4) is 0 Å². The van der Waals surface area contributed by atoms with Crippen LogP contribution in [0.1, 0.15) is 30.4 Å². The van der Waals surface area contributed by atoms with Crippen LogP contribution in [0.15, 0.2) is 47.4 Å². The lowest BCUT2D eigenvalue weighted by Crippen LogP contribution is -2.46. The quantitative estimate of drug-likeness (QED) is 0.501. The van der Waals surface area contributed by atoms with Crippen molar-refractivity contribution in [2.45, 2.75) is 36.8 Å². The molecule has 0 radical (unpaired) electrons. The Morgan fingerprint density at radius 2 is 1.77 bits per heavy atom. The van der Waals surface area contributed by atoms with Crippen LogP contribution in [0.4, 0.5) is 18.9 Å². The van der Waals surface area contributed by atoms with E-state index in [9.17, 15) is 13.2 Å². The highest BCUT2D eigenvalue weighted by molar-refractivity contribution is 7.99. The van der Waals surface area contributed by atoms with E-state index < -0.39 is 11.7 Å². The highest BCUT2D eigenvalue weighted by atomic mass is 32.2. The number of hydrogen-bond acceptors (Lipinski definition) is 4. The van der Waals surface area contributed by atoms with Crippen LogP contribution < -0.4 is 9.64 Å². The number of benzene rings is 2. The first kappa shape index (κ1) is 22.3. The number of alkyl halides is 3. The van der Waals surface area contributed by atoms with Crippen molar-refractivity contribution >= 4 is 17.4 Å². The third-order valence-corrected chi connectivity index (χ3v) is 7.18. The number of unbranched alkanes of at least 4 members (excludes halogenated alkanes) is 1. The summed E-state index contributed by atoms with van der Waals surface area (Å²) in [5.41, 5.74) is 1.49. The summed E-state index contributed by atoms with van der Waals surface area (Å²) in [5, 5.41) is 0. The number of rotatable bonds is 7. The second kappa shape index (κ2) is 10.2. The minimum absolute atomic E-state index is 0.578. The Bertz CT molecular complexity index is 866. The Labute approximate surface area is 186 Å². The standard InChI is InChI=1S/C24H29F3N2OS/c25-24(26,27)20-8-4-9-21(18-20)29-14-12-28(13-15-29)11-1-2-16-30-22-10-3-6-19-7-5-17-31-23(19)22/h3-4,6,8-10,18H,1-2,5,7,11-17H2. The van der Waals surface area contributed by atoms with Crippen molar-refractivity contribution in [2.75, 3.05) is 50.0 Å². The van der Waals surface area contributed by atoms with Crippen LogP contribution in [0.5, 0.6) is 5.75 Å². The molecule has 0 saturated carbocycles. The fourth-order valence-electron chi connectivity index (χ4n) is 4.20. The van der Waals surface area contributed by atoms with E-state index >= 15 is 0 Å². The smallest absolute Gasteiger partial charge is 0.416 e. The third-order valence-electron chi connectivity index (χ3n) is 5.93. The molecule has 0 bridgehead atoms. The first-order valence-corrected chi connectivity index (χ1v) is 12.0. The molecule has 1 fully saturated rings. The van der Waals surface area contributed by atoms with Gasteiger partial charge in [-0.05, 0) is 67.8 Å². The molecule has 0 aliphatic carbocycles. The maximum Gasteiger partial charge on any atom is 0.416 e. The van der Waals surface area contributed by atoms with Gasteiger partial charge in [-0.1, -0.05) is 18.2 Å². The van der Waals surface area contributed by atoms with E-state index in [0.29, 0.717) is 5.69 Å². The van der Waals surface area contributed by atoms with E-state index in [2.05, 4.69) is 23.1 Å². The topological polar surface area (TPSA) is 15.7 Å². The van der Waals surface area contributed by atoms with E-state index in [-0.39, 0.29) is 0 Å². The van der Waals surface area contributed by atoms with Crippen molar-refractivity contribution < 1.29 is 17.9 Å². The van der Waals surface area contributed by atoms with Crippen LogP contribution in [0.2, 0.25) is 0 Å². The first-order chi connectivity index (χ1) is 15.0. The highest BCUT2D eigenvalue weighted by Gasteiger charge is 2.31. The van der Waals surface area contributed by atoms with E-state index in [4.69, 9.17) is 4.74 Å². The van der Waals surface area contributed by atoms with Crippen LogP contribution in [-0.2, 0) is 12.6 Å². The normalized spacial score (nSPS) is 17.5. The Balaban J connectivity index is 1.17. The second-order valence-corrected chi connectivity index (χ2v) is 9.23. The predicted octanol–water partition coefficient (Wildman–Crippen LogP) is 5.72. The van der Waals surface area contributed by atoms with Gasteiger partial charge < -0.3 is 9.64 Å². The molecule has 4 rings (SSSR count). The highest BCUT2D eigenvalue weighted by Crippen LogP contribution is 2.37. The lowest BCUT2D eigenvalue weighted by atomic mass is 10.1. The van der Waals surface area contributed by atoms with Crippen LogP contribution in [0, 0.1) is 0 Å². The molecular weight excluding hydrogens is 421 g/mol. The summed E-state index contributed by atoms with van der Waals surface area (Å²) >= 11 is 1.90. The van der Waals surface area contributed by atoms with E-state index in [1.165, 1.54) is 34.8 Å². The summed E-state index contributed by atoms with van der Waals surface area (Å²) in [6.45, 7) is 4.99. The Morgan fingerprint density at radius 3 is 2.58 bits per heavy atom. The van der Waals surface area contributed by atoms with Gasteiger partial charge in [0, 0.05) is 31.9 Å². The number of ether oxygens (including phenoxy) is 1. The maximum absolute atomic E-state index is 13.0. The van der Waals surface area contributed by atoms with Gasteiger partial charge in [0.05, 0.1) is 17.1 Å². The number of hydrogen-bond donors (Lipinski definition) is 0. The molecule has 0 unspecified atom stereocenters. The van der Waals surface area contributed by atoms with E-state index in [0.717, 1.165) is 70.4 Å². The minimum Gasteiger partial charge on any atom is -0.492 e. The number of nitrogens with zero attached hydrogens (tertiary/aromatic N) is 2. The van der Waals surface area contributed by atoms with Crippen molar-refractivity contribution in [2.24, 2.45) is 0 Å². The molecule has 7 heteroatoms. The van der Waals surface area contributed by atoms with Crippen molar-refractivity contribution in [1.82, 2.24) is 4.90 Å². The van der Waals surface area contributed by atoms with Gasteiger partial charge in [-0.15, -0.1) is 11.8 Å². The van der Waals surface area contributed by atoms with Crippen LogP contribution in [0.25, 0.3) is 0 Å². The zero-order valence-corrected chi connectivity index (χ0v) is 18.5. The summed E-state index contributed by atoms with van der Waals surface area (Å²) in [6.07, 6.45) is 0.152. The molecule has 2 aromatic carbocycles. The number of anilines is 1. The number of piperazine rings is 1. The maximum atomic E-state index is 13.0. The number of thioether (sulfide) groups is 1. The predicted molar refractivity (Wildman–Crippen MR) is 120 cm³/mol. The summed E-state index contributed by atoms with van der Waals surface area (Å²) < 4.78 is 44.9. The van der Waals surface area contributed by atoms with Gasteiger partial charge in [-0.3, -0.25) is 4.90 Å². The SMILES string of the molecule is FC(F)(F)c1cccc(N2CCN(CCCCOc3cccc4c3SCCC4)CC2)c1. The lowest BCUT2D eigenvalue weighted by Gasteiger charge is -2.36. The van der Waals surface area contributed by atoms with Crippen LogP contribution >= 0.6 is 11.8 Å². The molecule has 31 heavy (non-hydrogen) atoms. The molecule has 1 saturated heterocycles. The molecule has 2 aliphatic rings. The van der Waals surface area contributed by atoms with E-state index in [1.54, 1.807) is 6.07 Å². The van der Waals surface area contributed by atoms with Gasteiger partial charge in [0.25, 0.3) is 0 Å². The number of aryl methyl sites for hydroxylation is 1. The minimum atomic E-state index is -4.29. The summed E-state index contributed by atoms with van der Waals surface area (Å²) in [5.74, 6) is 2.19. The zero-order valence-electron chi connectivity index (χ0n) is 17.7. The number of halogens is 3.